The maximum Gasteiger partial charge on any atom is 0.396 e. The van der Waals surface area contributed by atoms with E-state index in [0.717, 1.165) is 12.4 Å². The molecule has 2 aliphatic rings. The summed E-state index contributed by atoms with van der Waals surface area (Å²) in [6, 6.07) is 0.159. The van der Waals surface area contributed by atoms with Gasteiger partial charge in [-0.2, -0.15) is 49.0 Å². The number of aromatic nitrogens is 2. The third-order valence-electron chi connectivity index (χ3n) is 13.4. The van der Waals surface area contributed by atoms with Crippen LogP contribution in [0.15, 0.2) is 60.0 Å². The first kappa shape index (κ1) is 57.7. The zero-order chi connectivity index (χ0) is 54.8. The summed E-state index contributed by atoms with van der Waals surface area (Å²) in [7, 11) is 0. The van der Waals surface area contributed by atoms with Gasteiger partial charge in [-0.15, -0.1) is 0 Å². The molecule has 73 heavy (non-hydrogen) atoms. The Hall–Kier alpha value is -6.18. The van der Waals surface area contributed by atoms with E-state index in [1.54, 1.807) is 0 Å². The van der Waals surface area contributed by atoms with Gasteiger partial charge in [-0.1, -0.05) is 38.1 Å². The molecule has 26 heteroatoms. The average molecular weight is 1050 g/mol. The average Bonchev–Trinajstić information content (AvgIpc) is 4.17. The number of rotatable bonds is 22. The summed E-state index contributed by atoms with van der Waals surface area (Å²) in [5.74, 6) is -7.89. The molecular weight excluding hydrogens is 999 g/mol. The number of aliphatic hydroxyl groups excluding tert-OH is 1. The van der Waals surface area contributed by atoms with Crippen LogP contribution in [0.2, 0.25) is 0 Å². The third-order valence-corrected chi connectivity index (χ3v) is 13.4. The highest BCUT2D eigenvalue weighted by Crippen LogP contribution is 2.48. The SMILES string of the molecule is CC1(C(=O)N[C@H](C(=O)N[C@@H](Cc2ccc(-c3cnn(C(F)F)c3)cc2)[C@@H](O)CN(Cc2c(F)cc(C(C=NC(F)F)=CN)cc2F)NC(=O)[C@@H](NC(=O)C2(C)CC2)C(C)(C)C(F)(F)F)C(C)(C)C(F)(F)F)CC1. The van der Waals surface area contributed by atoms with Gasteiger partial charge < -0.3 is 26.8 Å². The van der Waals surface area contributed by atoms with Gasteiger partial charge in [0.25, 0.3) is 5.91 Å². The van der Waals surface area contributed by atoms with E-state index in [4.69, 9.17) is 5.73 Å². The lowest BCUT2D eigenvalue weighted by Gasteiger charge is -2.39. The second-order valence-corrected chi connectivity index (χ2v) is 19.9. The number of nitrogens with two attached hydrogens (primary N) is 1. The summed E-state index contributed by atoms with van der Waals surface area (Å²) >= 11 is 0. The van der Waals surface area contributed by atoms with Gasteiger partial charge >= 0.3 is 25.5 Å². The molecule has 4 amide bonds. The molecule has 0 aliphatic heterocycles. The molecule has 3 aromatic rings. The van der Waals surface area contributed by atoms with Crippen molar-refractivity contribution in [3.05, 3.63) is 83.3 Å². The topological polar surface area (TPSA) is 196 Å². The van der Waals surface area contributed by atoms with Crippen LogP contribution in [0.5, 0.6) is 0 Å². The normalized spacial score (nSPS) is 17.6. The molecule has 7 N–H and O–H groups in total. The smallest absolute Gasteiger partial charge is 0.396 e. The van der Waals surface area contributed by atoms with E-state index >= 15 is 8.78 Å². The van der Waals surface area contributed by atoms with Crippen LogP contribution in [0, 0.1) is 33.3 Å². The van der Waals surface area contributed by atoms with E-state index in [-0.39, 0.29) is 36.8 Å². The first-order valence-corrected chi connectivity index (χ1v) is 22.6. The van der Waals surface area contributed by atoms with Crippen LogP contribution in [-0.2, 0) is 32.1 Å². The Morgan fingerprint density at radius 3 is 1.73 bits per heavy atom. The molecule has 2 aliphatic carbocycles. The molecule has 0 bridgehead atoms. The van der Waals surface area contributed by atoms with Crippen LogP contribution in [-0.4, -0.2) is 99.4 Å². The van der Waals surface area contributed by atoms with E-state index in [2.05, 4.69) is 31.5 Å². The Labute approximate surface area is 411 Å². The number of hydrogen-bond donors (Lipinski definition) is 6. The quantitative estimate of drug-likeness (QED) is 0.0258. The molecule has 402 valence electrons. The van der Waals surface area contributed by atoms with Gasteiger partial charge in [-0.05, 0) is 88.6 Å². The molecule has 1 heterocycles. The lowest BCUT2D eigenvalue weighted by molar-refractivity contribution is -0.222. The number of nitrogens with zero attached hydrogens (tertiary/aromatic N) is 4. The van der Waals surface area contributed by atoms with Crippen molar-refractivity contribution < 1.29 is 77.0 Å². The van der Waals surface area contributed by atoms with Gasteiger partial charge in [0.2, 0.25) is 17.7 Å². The van der Waals surface area contributed by atoms with Gasteiger partial charge in [0.05, 0.1) is 29.2 Å². The largest absolute Gasteiger partial charge is 0.404 e. The fourth-order valence-corrected chi connectivity index (χ4v) is 7.33. The molecule has 2 fully saturated rings. The van der Waals surface area contributed by atoms with Gasteiger partial charge in [0, 0.05) is 59.2 Å². The van der Waals surface area contributed by atoms with Crippen LogP contribution in [0.1, 0.15) is 90.5 Å². The number of alkyl halides is 10. The van der Waals surface area contributed by atoms with Crippen LogP contribution in [0.3, 0.4) is 0 Å². The van der Waals surface area contributed by atoms with Crippen molar-refractivity contribution in [2.24, 2.45) is 32.4 Å². The third kappa shape index (κ3) is 13.7. The summed E-state index contributed by atoms with van der Waals surface area (Å²) in [6.45, 7) is -3.18. The van der Waals surface area contributed by atoms with Crippen molar-refractivity contribution in [2.45, 2.75) is 130 Å². The van der Waals surface area contributed by atoms with E-state index in [9.17, 15) is 68.2 Å². The number of carbonyl (C=O) groups is 4. The number of aliphatic imine (C=N–C) groups is 1. The van der Waals surface area contributed by atoms with Crippen molar-refractivity contribution in [3.8, 4) is 11.1 Å². The molecule has 2 aromatic carbocycles. The standard InChI is InChI=1S/C47H55F12N9O5/c1-42(2,46(54,55)56)34(64-38(72)44(5)11-12-44)36(70)63-32(15-24-7-9-25(10-8-24)28-20-62-68(21-28)41(52)53)33(69)23-67(22-29-30(48)16-26(17-31(29)49)27(18-60)19-61-40(50)51)66-37(71)35(43(3,4)47(57,58)59)65-39(73)45(6)13-14-45/h7-10,16-21,32-35,40-41,69H,11-15,22-23,60H2,1-6H3,(H,63,70)(H,64,72)(H,65,73)(H,66,71)/t32-,33-,34+,35+/m0/s1. The lowest BCUT2D eigenvalue weighted by atomic mass is 9.82. The maximum absolute atomic E-state index is 16.0. The van der Waals surface area contributed by atoms with Crippen molar-refractivity contribution in [1.82, 2.24) is 36.2 Å². The number of hydrogen-bond acceptors (Lipinski definition) is 9. The first-order chi connectivity index (χ1) is 33.6. The molecule has 0 unspecified atom stereocenters. The van der Waals surface area contributed by atoms with E-state index in [0.29, 0.717) is 67.5 Å². The number of nitrogens with one attached hydrogen (secondary N) is 4. The summed E-state index contributed by atoms with van der Waals surface area (Å²) in [5, 5.41) is 22.8. The highest BCUT2D eigenvalue weighted by molar-refractivity contribution is 6.09. The van der Waals surface area contributed by atoms with Crippen LogP contribution in [0.25, 0.3) is 16.7 Å². The second kappa shape index (κ2) is 21.7. The van der Waals surface area contributed by atoms with Crippen molar-refractivity contribution in [1.29, 1.82) is 0 Å². The molecular formula is C47H55F12N9O5. The zero-order valence-corrected chi connectivity index (χ0v) is 40.2. The van der Waals surface area contributed by atoms with Crippen molar-refractivity contribution in [2.75, 3.05) is 6.54 Å². The Balaban J connectivity index is 1.59. The highest BCUT2D eigenvalue weighted by Gasteiger charge is 2.59. The van der Waals surface area contributed by atoms with Crippen molar-refractivity contribution in [3.63, 3.8) is 0 Å². The summed E-state index contributed by atoms with van der Waals surface area (Å²) in [6.07, 6.45) is -8.60. The first-order valence-electron chi connectivity index (χ1n) is 22.6. The number of benzene rings is 2. The van der Waals surface area contributed by atoms with Gasteiger partial charge in [-0.25, -0.2) is 23.5 Å². The minimum atomic E-state index is -5.20. The fourth-order valence-electron chi connectivity index (χ4n) is 7.33. The van der Waals surface area contributed by atoms with Crippen molar-refractivity contribution >= 4 is 35.4 Å². The zero-order valence-electron chi connectivity index (χ0n) is 40.2. The highest BCUT2D eigenvalue weighted by atomic mass is 19.4. The summed E-state index contributed by atoms with van der Waals surface area (Å²) < 4.78 is 173. The minimum Gasteiger partial charge on any atom is -0.404 e. The van der Waals surface area contributed by atoms with Crippen LogP contribution < -0.4 is 27.1 Å². The number of allylic oxidation sites excluding steroid dienone is 1. The van der Waals surface area contributed by atoms with Gasteiger partial charge in [-0.3, -0.25) is 24.6 Å². The van der Waals surface area contributed by atoms with Crippen LogP contribution >= 0.6 is 0 Å². The summed E-state index contributed by atoms with van der Waals surface area (Å²) in [4.78, 5) is 57.7. The molecule has 4 atom stereocenters. The lowest BCUT2D eigenvalue weighted by Crippen LogP contribution is -2.64. The maximum atomic E-state index is 16.0. The number of aliphatic hydroxyl groups is 1. The minimum absolute atomic E-state index is 0.196. The monoisotopic (exact) mass is 1050 g/mol. The molecule has 0 radical (unpaired) electrons. The Kier molecular flexibility index (Phi) is 17.2. The predicted octanol–water partition coefficient (Wildman–Crippen LogP) is 7.48. The molecule has 5 rings (SSSR count). The van der Waals surface area contributed by atoms with E-state index < -0.39 is 143 Å². The predicted molar refractivity (Wildman–Crippen MR) is 240 cm³/mol. The van der Waals surface area contributed by atoms with Gasteiger partial charge in [0.1, 0.15) is 23.7 Å². The summed E-state index contributed by atoms with van der Waals surface area (Å²) in [5.41, 5.74) is -1.79. The molecule has 14 nitrogen and oxygen atoms in total. The molecule has 2 saturated carbocycles. The Morgan fingerprint density at radius 2 is 1.30 bits per heavy atom. The molecule has 0 saturated heterocycles. The fraction of sp³-hybridized carbons (Fsp3) is 0.532. The molecule has 0 spiro atoms. The number of halogens is 12. The van der Waals surface area contributed by atoms with E-state index in [1.165, 1.54) is 38.1 Å². The molecule has 1 aromatic heterocycles. The van der Waals surface area contributed by atoms with Crippen LogP contribution in [0.4, 0.5) is 52.7 Å². The number of hydrazine groups is 1. The Bertz CT molecular complexity index is 2530. The van der Waals surface area contributed by atoms with Gasteiger partial charge in [0.15, 0.2) is 0 Å². The number of carbonyl (C=O) groups excluding carboxylic acids is 4. The van der Waals surface area contributed by atoms with E-state index in [1.807, 2.05) is 0 Å². The number of amides is 4. The Morgan fingerprint density at radius 1 is 0.808 bits per heavy atom. The second-order valence-electron chi connectivity index (χ2n) is 19.9.